The van der Waals surface area contributed by atoms with Crippen LogP contribution in [0.2, 0.25) is 5.02 Å². The van der Waals surface area contributed by atoms with E-state index in [1.54, 1.807) is 6.20 Å². The molecular weight excluding hydrogens is 500 g/mol. The smallest absolute Gasteiger partial charge is 0.137 e. The van der Waals surface area contributed by atoms with Crippen molar-refractivity contribution in [3.63, 3.8) is 0 Å². The van der Waals surface area contributed by atoms with Gasteiger partial charge in [0.05, 0.1) is 5.69 Å². The van der Waals surface area contributed by atoms with E-state index in [1.165, 1.54) is 23.3 Å². The summed E-state index contributed by atoms with van der Waals surface area (Å²) < 4.78 is 28.1. The van der Waals surface area contributed by atoms with Crippen LogP contribution in [0.1, 0.15) is 53.6 Å². The maximum atomic E-state index is 14.0. The minimum absolute atomic E-state index is 0.0678. The van der Waals surface area contributed by atoms with Gasteiger partial charge >= 0.3 is 0 Å². The second-order valence-electron chi connectivity index (χ2n) is 9.82. The molecule has 1 atom stereocenters. The van der Waals surface area contributed by atoms with Crippen LogP contribution in [0.3, 0.4) is 0 Å². The van der Waals surface area contributed by atoms with Gasteiger partial charge in [0.25, 0.3) is 0 Å². The van der Waals surface area contributed by atoms with Crippen molar-refractivity contribution in [3.8, 4) is 11.1 Å². The number of halogens is 3. The summed E-state index contributed by atoms with van der Waals surface area (Å²) in [4.78, 5) is 18.2. The maximum absolute atomic E-state index is 14.0. The van der Waals surface area contributed by atoms with Crippen LogP contribution in [0.25, 0.3) is 16.7 Å². The van der Waals surface area contributed by atoms with Crippen molar-refractivity contribution in [1.29, 1.82) is 0 Å². The van der Waals surface area contributed by atoms with Gasteiger partial charge in [0.1, 0.15) is 17.4 Å². The molecule has 38 heavy (non-hydrogen) atoms. The summed E-state index contributed by atoms with van der Waals surface area (Å²) in [6, 6.07) is 21.2. The summed E-state index contributed by atoms with van der Waals surface area (Å²) >= 11 is 6.10. The standard InChI is InChI=1S/C33H28ClF2NO/c1-2-21-5-12-31-24(14-21)6-7-25(31)18-30(38)19-26(15-22-16-28(35)20-29(36)17-22)33-32(4-3-13-37-33)23-8-10-27(34)11-9-23/h3-5,7-14,16-17,20,26H,2,6,15,18-19H2,1H3/t26-/m1/s1. The number of allylic oxidation sites excluding steroid dienone is 2. The van der Waals surface area contributed by atoms with Gasteiger partial charge < -0.3 is 0 Å². The number of rotatable bonds is 9. The lowest BCUT2D eigenvalue weighted by Crippen LogP contribution is -2.13. The van der Waals surface area contributed by atoms with Gasteiger partial charge in [0.15, 0.2) is 0 Å². The van der Waals surface area contributed by atoms with Crippen LogP contribution in [0.15, 0.2) is 85.1 Å². The zero-order valence-electron chi connectivity index (χ0n) is 21.2. The van der Waals surface area contributed by atoms with E-state index >= 15 is 0 Å². The fraction of sp³-hybridized carbons (Fsp3) is 0.212. The molecule has 0 unspecified atom stereocenters. The highest BCUT2D eigenvalue weighted by molar-refractivity contribution is 6.30. The Morgan fingerprint density at radius 1 is 0.947 bits per heavy atom. The second kappa shape index (κ2) is 11.4. The summed E-state index contributed by atoms with van der Waals surface area (Å²) in [6.45, 7) is 2.13. The van der Waals surface area contributed by atoms with Gasteiger partial charge in [-0.2, -0.15) is 0 Å². The molecule has 0 fully saturated rings. The Morgan fingerprint density at radius 2 is 1.71 bits per heavy atom. The van der Waals surface area contributed by atoms with Crippen LogP contribution >= 0.6 is 11.6 Å². The van der Waals surface area contributed by atoms with Crippen LogP contribution < -0.4 is 0 Å². The van der Waals surface area contributed by atoms with Crippen molar-refractivity contribution in [3.05, 3.63) is 130 Å². The van der Waals surface area contributed by atoms with E-state index in [9.17, 15) is 13.6 Å². The van der Waals surface area contributed by atoms with Gasteiger partial charge in [-0.1, -0.05) is 61.0 Å². The second-order valence-corrected chi connectivity index (χ2v) is 10.3. The number of benzene rings is 3. The van der Waals surface area contributed by atoms with Gasteiger partial charge in [0, 0.05) is 41.6 Å². The van der Waals surface area contributed by atoms with Gasteiger partial charge in [-0.05, 0) is 83.0 Å². The normalized spacial score (nSPS) is 13.2. The topological polar surface area (TPSA) is 30.0 Å². The molecule has 0 N–H and O–H groups in total. The maximum Gasteiger partial charge on any atom is 0.137 e. The monoisotopic (exact) mass is 527 g/mol. The number of nitrogens with zero attached hydrogens (tertiary/aromatic N) is 1. The summed E-state index contributed by atoms with van der Waals surface area (Å²) in [7, 11) is 0. The van der Waals surface area contributed by atoms with Gasteiger partial charge in [-0.3, -0.25) is 9.78 Å². The first-order valence-corrected chi connectivity index (χ1v) is 13.3. The predicted molar refractivity (Wildman–Crippen MR) is 149 cm³/mol. The quantitative estimate of drug-likeness (QED) is 0.218. The van der Waals surface area contributed by atoms with Crippen molar-refractivity contribution < 1.29 is 13.6 Å². The minimum Gasteiger partial charge on any atom is -0.299 e. The Hall–Kier alpha value is -3.63. The first-order chi connectivity index (χ1) is 18.4. The Balaban J connectivity index is 1.45. The summed E-state index contributed by atoms with van der Waals surface area (Å²) in [5.74, 6) is -1.57. The van der Waals surface area contributed by atoms with Gasteiger partial charge in [0.2, 0.25) is 0 Å². The third-order valence-electron chi connectivity index (χ3n) is 7.14. The van der Waals surface area contributed by atoms with Crippen LogP contribution in [-0.2, 0) is 24.1 Å². The van der Waals surface area contributed by atoms with E-state index in [2.05, 4.69) is 36.2 Å². The number of ketones is 1. The van der Waals surface area contributed by atoms with E-state index in [4.69, 9.17) is 11.6 Å². The third kappa shape index (κ3) is 5.92. The van der Waals surface area contributed by atoms with E-state index < -0.39 is 11.6 Å². The molecule has 1 aliphatic carbocycles. The van der Waals surface area contributed by atoms with Crippen molar-refractivity contribution in [2.75, 3.05) is 0 Å². The first kappa shape index (κ1) is 26.0. The molecule has 5 rings (SSSR count). The predicted octanol–water partition coefficient (Wildman–Crippen LogP) is 8.56. The molecule has 0 bridgehead atoms. The molecule has 0 radical (unpaired) electrons. The number of fused-ring (bicyclic) bond motifs is 1. The Bertz CT molecular complexity index is 1490. The number of pyridine rings is 1. The van der Waals surface area contributed by atoms with Crippen LogP contribution in [0.4, 0.5) is 8.78 Å². The zero-order valence-corrected chi connectivity index (χ0v) is 21.9. The molecule has 0 saturated heterocycles. The molecule has 1 aromatic heterocycles. The number of hydrogen-bond acceptors (Lipinski definition) is 2. The minimum atomic E-state index is -0.636. The molecule has 2 nitrogen and oxygen atoms in total. The molecule has 5 heteroatoms. The van der Waals surface area contributed by atoms with Crippen LogP contribution in [0, 0.1) is 11.6 Å². The Labute approximate surface area is 227 Å². The van der Waals surface area contributed by atoms with Crippen molar-refractivity contribution in [2.24, 2.45) is 0 Å². The average molecular weight is 528 g/mol. The highest BCUT2D eigenvalue weighted by Gasteiger charge is 2.24. The number of hydrogen-bond donors (Lipinski definition) is 0. The number of aryl methyl sites for hydroxylation is 1. The molecule has 192 valence electrons. The molecule has 0 aliphatic heterocycles. The van der Waals surface area contributed by atoms with E-state index in [0.29, 0.717) is 17.0 Å². The molecule has 0 spiro atoms. The highest BCUT2D eigenvalue weighted by Crippen LogP contribution is 2.36. The number of Topliss-reactive ketones (excluding diaryl/α,β-unsaturated/α-hetero) is 1. The lowest BCUT2D eigenvalue weighted by Gasteiger charge is -2.20. The highest BCUT2D eigenvalue weighted by atomic mass is 35.5. The Kier molecular flexibility index (Phi) is 7.80. The van der Waals surface area contributed by atoms with Crippen molar-refractivity contribution in [1.82, 2.24) is 4.98 Å². The first-order valence-electron chi connectivity index (χ1n) is 12.9. The molecule has 0 amide bonds. The lowest BCUT2D eigenvalue weighted by molar-refractivity contribution is -0.118. The van der Waals surface area contributed by atoms with Gasteiger partial charge in [-0.25, -0.2) is 8.78 Å². The number of carbonyl (C=O) groups is 1. The summed E-state index contributed by atoms with van der Waals surface area (Å²) in [5.41, 5.74) is 7.73. The van der Waals surface area contributed by atoms with E-state index in [0.717, 1.165) is 46.9 Å². The van der Waals surface area contributed by atoms with Crippen molar-refractivity contribution in [2.45, 2.75) is 44.9 Å². The van der Waals surface area contributed by atoms with Crippen LogP contribution in [0.5, 0.6) is 0 Å². The van der Waals surface area contributed by atoms with Gasteiger partial charge in [-0.15, -0.1) is 0 Å². The molecule has 3 aromatic carbocycles. The van der Waals surface area contributed by atoms with E-state index in [1.807, 2.05) is 36.4 Å². The summed E-state index contributed by atoms with van der Waals surface area (Å²) in [6.07, 6.45) is 6.44. The van der Waals surface area contributed by atoms with Crippen molar-refractivity contribution >= 4 is 23.0 Å². The average Bonchev–Trinajstić information content (AvgIpc) is 3.29. The molecular formula is C33H28ClF2NO. The largest absolute Gasteiger partial charge is 0.299 e. The molecule has 1 heterocycles. The lowest BCUT2D eigenvalue weighted by atomic mass is 9.85. The Morgan fingerprint density at radius 3 is 2.45 bits per heavy atom. The van der Waals surface area contributed by atoms with E-state index in [-0.39, 0.29) is 24.5 Å². The SMILES string of the molecule is CCc1ccc2c(c1)CC=C2CC(=O)C[C@@H](Cc1cc(F)cc(F)c1)c1ncccc1-c1ccc(Cl)cc1. The zero-order chi connectivity index (χ0) is 26.6. The summed E-state index contributed by atoms with van der Waals surface area (Å²) in [5, 5.41) is 0.623. The number of carbonyl (C=O) groups excluding carboxylic acids is 1. The molecule has 4 aromatic rings. The fourth-order valence-corrected chi connectivity index (χ4v) is 5.44. The fourth-order valence-electron chi connectivity index (χ4n) is 5.31. The van der Waals surface area contributed by atoms with Crippen LogP contribution in [-0.4, -0.2) is 10.8 Å². The number of aromatic nitrogens is 1. The third-order valence-corrected chi connectivity index (χ3v) is 7.39. The molecule has 1 aliphatic rings. The molecule has 0 saturated carbocycles.